The topological polar surface area (TPSA) is 52.0 Å². The molecular formula is C36H60N2S. The zero-order valence-electron chi connectivity index (χ0n) is 26.0. The van der Waals surface area contributed by atoms with Crippen molar-refractivity contribution in [2.75, 3.05) is 11.5 Å². The minimum absolute atomic E-state index is 1.05. The molecule has 0 bridgehead atoms. The average molecular weight is 553 g/mol. The summed E-state index contributed by atoms with van der Waals surface area (Å²) >= 11 is 1.93. The van der Waals surface area contributed by atoms with E-state index < -0.39 is 0 Å². The first kappa shape index (κ1) is 33.6. The molecule has 0 aliphatic carbocycles. The molecule has 0 aliphatic heterocycles. The highest BCUT2D eigenvalue weighted by Crippen LogP contribution is 2.37. The van der Waals surface area contributed by atoms with Crippen LogP contribution in [0.25, 0.3) is 0 Å². The smallest absolute Gasteiger partial charge is 0.0379 e. The highest BCUT2D eigenvalue weighted by Gasteiger charge is 2.13. The van der Waals surface area contributed by atoms with Crippen molar-refractivity contribution in [2.24, 2.45) is 0 Å². The van der Waals surface area contributed by atoms with Crippen LogP contribution in [0.1, 0.15) is 153 Å². The third-order valence-corrected chi connectivity index (χ3v) is 9.03. The summed E-state index contributed by atoms with van der Waals surface area (Å²) in [5.41, 5.74) is 21.1. The van der Waals surface area contributed by atoms with E-state index >= 15 is 0 Å². The first-order valence-electron chi connectivity index (χ1n) is 16.5. The van der Waals surface area contributed by atoms with Crippen LogP contribution in [0.5, 0.6) is 0 Å². The zero-order chi connectivity index (χ0) is 28.3. The van der Waals surface area contributed by atoms with Crippen LogP contribution in [0.2, 0.25) is 0 Å². The van der Waals surface area contributed by atoms with Crippen LogP contribution in [0.3, 0.4) is 0 Å². The standard InChI is InChI=1S/C36H60N2S/c1-5-9-13-17-21-29-25-33(26-30(35(29)37)22-18-14-10-6-2)39-34-27-31(23-19-15-11-7-3)36(38)32(28-34)24-20-16-12-8-4/h25-28H,5-24,37-38H2,1-4H3. The number of nitrogen functional groups attached to an aromatic ring is 2. The lowest BCUT2D eigenvalue weighted by Crippen LogP contribution is -2.03. The van der Waals surface area contributed by atoms with Gasteiger partial charge in [-0.05, 0) is 97.9 Å². The summed E-state index contributed by atoms with van der Waals surface area (Å²) in [6.45, 7) is 9.12. The van der Waals surface area contributed by atoms with Gasteiger partial charge in [0.2, 0.25) is 0 Å². The molecule has 4 N–H and O–H groups in total. The summed E-state index contributed by atoms with van der Waals surface area (Å²) in [7, 11) is 0. The fourth-order valence-electron chi connectivity index (χ4n) is 5.54. The van der Waals surface area contributed by atoms with Crippen molar-refractivity contribution in [1.29, 1.82) is 0 Å². The van der Waals surface area contributed by atoms with E-state index in [4.69, 9.17) is 11.5 Å². The maximum Gasteiger partial charge on any atom is 0.0379 e. The molecule has 0 aliphatic rings. The molecule has 3 heteroatoms. The Morgan fingerprint density at radius 2 is 0.667 bits per heavy atom. The number of hydrogen-bond acceptors (Lipinski definition) is 3. The largest absolute Gasteiger partial charge is 0.398 e. The molecule has 2 aromatic rings. The maximum absolute atomic E-state index is 6.78. The SMILES string of the molecule is CCCCCCc1cc(Sc2cc(CCCCCC)c(N)c(CCCCCC)c2)cc(CCCCCC)c1N. The van der Waals surface area contributed by atoms with Gasteiger partial charge in [0.15, 0.2) is 0 Å². The van der Waals surface area contributed by atoms with Crippen molar-refractivity contribution in [1.82, 2.24) is 0 Å². The minimum Gasteiger partial charge on any atom is -0.398 e. The predicted octanol–water partition coefficient (Wildman–Crippen LogP) is 11.5. The van der Waals surface area contributed by atoms with Crippen LogP contribution >= 0.6 is 11.8 Å². The Balaban J connectivity index is 2.32. The summed E-state index contributed by atoms with van der Waals surface area (Å²) in [6.07, 6.45) is 24.8. The van der Waals surface area contributed by atoms with Crippen molar-refractivity contribution in [3.63, 3.8) is 0 Å². The molecule has 0 fully saturated rings. The van der Waals surface area contributed by atoms with E-state index in [1.165, 1.54) is 135 Å². The average Bonchev–Trinajstić information content (AvgIpc) is 2.93. The van der Waals surface area contributed by atoms with Crippen LogP contribution < -0.4 is 11.5 Å². The highest BCUT2D eigenvalue weighted by atomic mass is 32.2. The number of benzene rings is 2. The van der Waals surface area contributed by atoms with Gasteiger partial charge in [0.1, 0.15) is 0 Å². The Bertz CT molecular complexity index is 794. The Morgan fingerprint density at radius 1 is 0.410 bits per heavy atom. The molecular weight excluding hydrogens is 492 g/mol. The normalized spacial score (nSPS) is 11.4. The van der Waals surface area contributed by atoms with Crippen LogP contribution in [0, 0.1) is 0 Å². The molecule has 2 nitrogen and oxygen atoms in total. The van der Waals surface area contributed by atoms with E-state index in [0.717, 1.165) is 37.1 Å². The van der Waals surface area contributed by atoms with Gasteiger partial charge >= 0.3 is 0 Å². The van der Waals surface area contributed by atoms with Gasteiger partial charge in [0.05, 0.1) is 0 Å². The summed E-state index contributed by atoms with van der Waals surface area (Å²) in [4.78, 5) is 2.69. The van der Waals surface area contributed by atoms with Gasteiger partial charge in [-0.2, -0.15) is 0 Å². The number of hydrogen-bond donors (Lipinski definition) is 2. The molecule has 0 heterocycles. The molecule has 0 saturated heterocycles. The predicted molar refractivity (Wildman–Crippen MR) is 177 cm³/mol. The van der Waals surface area contributed by atoms with Crippen molar-refractivity contribution in [2.45, 2.75) is 166 Å². The van der Waals surface area contributed by atoms with E-state index in [1.807, 2.05) is 11.8 Å². The fraction of sp³-hybridized carbons (Fsp3) is 0.667. The third-order valence-electron chi connectivity index (χ3n) is 8.08. The zero-order valence-corrected chi connectivity index (χ0v) is 26.8. The minimum atomic E-state index is 1.05. The van der Waals surface area contributed by atoms with Gasteiger partial charge in [0.25, 0.3) is 0 Å². The van der Waals surface area contributed by atoms with Gasteiger partial charge in [-0.25, -0.2) is 0 Å². The Labute approximate surface area is 246 Å². The van der Waals surface area contributed by atoms with E-state index in [0.29, 0.717) is 0 Å². The number of rotatable bonds is 22. The van der Waals surface area contributed by atoms with Gasteiger partial charge < -0.3 is 11.5 Å². The molecule has 0 spiro atoms. The fourth-order valence-corrected chi connectivity index (χ4v) is 6.62. The van der Waals surface area contributed by atoms with Gasteiger partial charge in [-0.1, -0.05) is 117 Å². The van der Waals surface area contributed by atoms with Gasteiger partial charge in [-0.15, -0.1) is 0 Å². The molecule has 0 unspecified atom stereocenters. The van der Waals surface area contributed by atoms with E-state index in [-0.39, 0.29) is 0 Å². The molecule has 39 heavy (non-hydrogen) atoms. The molecule has 0 radical (unpaired) electrons. The van der Waals surface area contributed by atoms with E-state index in [9.17, 15) is 0 Å². The van der Waals surface area contributed by atoms with Crippen LogP contribution in [-0.2, 0) is 25.7 Å². The summed E-state index contributed by atoms with van der Waals surface area (Å²) in [5.74, 6) is 0. The molecule has 220 valence electrons. The first-order chi connectivity index (χ1) is 19.0. The van der Waals surface area contributed by atoms with Gasteiger partial charge in [-0.3, -0.25) is 0 Å². The van der Waals surface area contributed by atoms with Crippen molar-refractivity contribution in [3.05, 3.63) is 46.5 Å². The second kappa shape index (κ2) is 20.3. The van der Waals surface area contributed by atoms with E-state index in [2.05, 4.69) is 52.0 Å². The monoisotopic (exact) mass is 552 g/mol. The molecule has 2 aromatic carbocycles. The highest BCUT2D eigenvalue weighted by molar-refractivity contribution is 7.99. The lowest BCUT2D eigenvalue weighted by molar-refractivity contribution is 0.661. The number of aryl methyl sites for hydroxylation is 4. The Hall–Kier alpha value is -1.61. The molecule has 0 atom stereocenters. The number of nitrogens with two attached hydrogens (primary N) is 2. The van der Waals surface area contributed by atoms with Crippen LogP contribution in [0.4, 0.5) is 11.4 Å². The molecule has 0 amide bonds. The summed E-state index contributed by atoms with van der Waals surface area (Å²) in [6, 6.07) is 9.55. The second-order valence-corrected chi connectivity index (χ2v) is 12.8. The van der Waals surface area contributed by atoms with E-state index in [1.54, 1.807) is 0 Å². The second-order valence-electron chi connectivity index (χ2n) is 11.7. The quantitative estimate of drug-likeness (QED) is 0.113. The Morgan fingerprint density at radius 3 is 0.897 bits per heavy atom. The van der Waals surface area contributed by atoms with Crippen molar-refractivity contribution >= 4 is 23.1 Å². The number of anilines is 2. The third kappa shape index (κ3) is 12.6. The lowest BCUT2D eigenvalue weighted by atomic mass is 9.98. The number of unbranched alkanes of at least 4 members (excludes halogenated alkanes) is 12. The summed E-state index contributed by atoms with van der Waals surface area (Å²) < 4.78 is 0. The molecule has 0 aromatic heterocycles. The molecule has 2 rings (SSSR count). The van der Waals surface area contributed by atoms with Crippen molar-refractivity contribution < 1.29 is 0 Å². The first-order valence-corrected chi connectivity index (χ1v) is 17.4. The maximum atomic E-state index is 6.78. The van der Waals surface area contributed by atoms with Gasteiger partial charge in [0, 0.05) is 21.2 Å². The lowest BCUT2D eigenvalue weighted by Gasteiger charge is -2.17. The van der Waals surface area contributed by atoms with Crippen molar-refractivity contribution in [3.8, 4) is 0 Å². The molecule has 0 saturated carbocycles. The Kier molecular flexibility index (Phi) is 17.5. The van der Waals surface area contributed by atoms with Crippen LogP contribution in [-0.4, -0.2) is 0 Å². The van der Waals surface area contributed by atoms with Crippen LogP contribution in [0.15, 0.2) is 34.1 Å². The summed E-state index contributed by atoms with van der Waals surface area (Å²) in [5, 5.41) is 0.